The molecule has 0 radical (unpaired) electrons. The number of hydrogen-bond acceptors (Lipinski definition) is 7. The van der Waals surface area contributed by atoms with Crippen LogP contribution in [0.2, 0.25) is 0 Å². The number of nitrogens with zero attached hydrogens (tertiary/aromatic N) is 2. The summed E-state index contributed by atoms with van der Waals surface area (Å²) >= 11 is 0. The molecule has 0 aliphatic carbocycles. The van der Waals surface area contributed by atoms with E-state index in [0.717, 1.165) is 23.7 Å². The van der Waals surface area contributed by atoms with Crippen molar-refractivity contribution in [2.24, 2.45) is 0 Å². The lowest BCUT2D eigenvalue weighted by Crippen LogP contribution is -2.49. The van der Waals surface area contributed by atoms with Crippen molar-refractivity contribution in [1.29, 1.82) is 0 Å². The Kier molecular flexibility index (Phi) is 7.90. The number of benzene rings is 1. The summed E-state index contributed by atoms with van der Waals surface area (Å²) in [6.45, 7) is 5.71. The van der Waals surface area contributed by atoms with Gasteiger partial charge < -0.3 is 19.5 Å². The number of hydrogen-bond donors (Lipinski definition) is 1. The van der Waals surface area contributed by atoms with E-state index >= 15 is 0 Å². The van der Waals surface area contributed by atoms with Crippen LogP contribution in [-0.2, 0) is 19.6 Å². The van der Waals surface area contributed by atoms with Crippen LogP contribution in [0.15, 0.2) is 18.2 Å². The molecule has 1 atom stereocenters. The number of ether oxygens (including phenoxy) is 3. The van der Waals surface area contributed by atoms with E-state index in [9.17, 15) is 13.2 Å². The van der Waals surface area contributed by atoms with Crippen molar-refractivity contribution in [2.45, 2.75) is 13.0 Å². The zero-order valence-corrected chi connectivity index (χ0v) is 17.6. The van der Waals surface area contributed by atoms with Crippen LogP contribution in [0.25, 0.3) is 0 Å². The molecule has 0 spiro atoms. The maximum absolute atomic E-state index is 12.6. The Morgan fingerprint density at radius 3 is 2.46 bits per heavy atom. The second-order valence-corrected chi connectivity index (χ2v) is 8.38. The molecule has 2 rings (SSSR count). The average molecular weight is 416 g/mol. The van der Waals surface area contributed by atoms with E-state index in [-0.39, 0.29) is 5.91 Å². The SMILES string of the molecule is COc1ccc(N([C@H](C)C(=O)NCCN2CCOCC2)S(C)(=O)=O)cc1OC. The number of methoxy groups -OCH3 is 2. The quantitative estimate of drug-likeness (QED) is 0.620. The van der Waals surface area contributed by atoms with E-state index in [4.69, 9.17) is 14.2 Å². The van der Waals surface area contributed by atoms with Crippen molar-refractivity contribution >= 4 is 21.6 Å². The Morgan fingerprint density at radius 2 is 1.89 bits per heavy atom. The summed E-state index contributed by atoms with van der Waals surface area (Å²) in [5.41, 5.74) is 0.330. The Bertz CT molecular complexity index is 765. The number of sulfonamides is 1. The van der Waals surface area contributed by atoms with Crippen LogP contribution < -0.4 is 19.1 Å². The lowest BCUT2D eigenvalue weighted by atomic mass is 10.2. The molecule has 158 valence electrons. The van der Waals surface area contributed by atoms with Gasteiger partial charge in [-0.25, -0.2) is 8.42 Å². The van der Waals surface area contributed by atoms with Crippen LogP contribution in [0.5, 0.6) is 11.5 Å². The summed E-state index contributed by atoms with van der Waals surface area (Å²) in [5, 5.41) is 2.82. The smallest absolute Gasteiger partial charge is 0.243 e. The maximum atomic E-state index is 12.6. The predicted octanol–water partition coefficient (Wildman–Crippen LogP) is 0.307. The van der Waals surface area contributed by atoms with Gasteiger partial charge in [0, 0.05) is 32.2 Å². The van der Waals surface area contributed by atoms with Gasteiger partial charge in [-0.3, -0.25) is 14.0 Å². The van der Waals surface area contributed by atoms with Gasteiger partial charge in [-0.15, -0.1) is 0 Å². The van der Waals surface area contributed by atoms with Gasteiger partial charge >= 0.3 is 0 Å². The third-order valence-corrected chi connectivity index (χ3v) is 5.78. The van der Waals surface area contributed by atoms with Gasteiger partial charge in [0.05, 0.1) is 39.4 Å². The standard InChI is InChI=1S/C18H29N3O6S/c1-14(18(22)19-7-8-20-9-11-27-12-10-20)21(28(4,23)24)15-5-6-16(25-2)17(13-15)26-3/h5-6,13-14H,7-12H2,1-4H3,(H,19,22)/t14-/m1/s1. The normalized spacial score (nSPS) is 16.3. The number of carbonyl (C=O) groups is 1. The molecule has 0 saturated carbocycles. The highest BCUT2D eigenvalue weighted by molar-refractivity contribution is 7.92. The van der Waals surface area contributed by atoms with Crippen LogP contribution in [-0.4, -0.2) is 85.1 Å². The van der Waals surface area contributed by atoms with Crippen LogP contribution >= 0.6 is 0 Å². The molecule has 10 heteroatoms. The molecule has 9 nitrogen and oxygen atoms in total. The van der Waals surface area contributed by atoms with Gasteiger partial charge in [-0.05, 0) is 19.1 Å². The van der Waals surface area contributed by atoms with Gasteiger partial charge in [0.15, 0.2) is 11.5 Å². The topological polar surface area (TPSA) is 97.4 Å². The molecular weight excluding hydrogens is 386 g/mol. The first-order valence-corrected chi connectivity index (χ1v) is 10.9. The maximum Gasteiger partial charge on any atom is 0.243 e. The molecule has 28 heavy (non-hydrogen) atoms. The molecular formula is C18H29N3O6S. The number of anilines is 1. The Labute approximate surface area is 166 Å². The number of morpholine rings is 1. The number of carbonyl (C=O) groups excluding carboxylic acids is 1. The van der Waals surface area contributed by atoms with Crippen molar-refractivity contribution in [3.8, 4) is 11.5 Å². The lowest BCUT2D eigenvalue weighted by Gasteiger charge is -2.30. The van der Waals surface area contributed by atoms with Crippen LogP contribution in [0.4, 0.5) is 5.69 Å². The van der Waals surface area contributed by atoms with Crippen molar-refractivity contribution in [3.63, 3.8) is 0 Å². The fraction of sp³-hybridized carbons (Fsp3) is 0.611. The van der Waals surface area contributed by atoms with E-state index in [2.05, 4.69) is 10.2 Å². The average Bonchev–Trinajstić information content (AvgIpc) is 2.67. The zero-order chi connectivity index (χ0) is 20.7. The highest BCUT2D eigenvalue weighted by atomic mass is 32.2. The van der Waals surface area contributed by atoms with Crippen molar-refractivity contribution in [3.05, 3.63) is 18.2 Å². The first-order valence-electron chi connectivity index (χ1n) is 9.07. The molecule has 0 bridgehead atoms. The van der Waals surface area contributed by atoms with Gasteiger partial charge in [0.1, 0.15) is 6.04 Å². The summed E-state index contributed by atoms with van der Waals surface area (Å²) in [5.74, 6) is 0.490. The minimum Gasteiger partial charge on any atom is -0.493 e. The Balaban J connectivity index is 2.10. The van der Waals surface area contributed by atoms with Crippen LogP contribution in [0.3, 0.4) is 0 Å². The third kappa shape index (κ3) is 5.73. The summed E-state index contributed by atoms with van der Waals surface area (Å²) in [7, 11) is -0.740. The molecule has 1 aromatic rings. The molecule has 1 aliphatic heterocycles. The molecule has 0 unspecified atom stereocenters. The van der Waals surface area contributed by atoms with E-state index in [1.54, 1.807) is 19.1 Å². The van der Waals surface area contributed by atoms with Crippen LogP contribution in [0.1, 0.15) is 6.92 Å². The molecule has 1 amide bonds. The first-order chi connectivity index (χ1) is 13.3. The Hall–Kier alpha value is -2.04. The van der Waals surface area contributed by atoms with Gasteiger partial charge in [0.2, 0.25) is 15.9 Å². The number of amides is 1. The molecule has 1 N–H and O–H groups in total. The van der Waals surface area contributed by atoms with E-state index in [1.807, 2.05) is 0 Å². The largest absolute Gasteiger partial charge is 0.493 e. The van der Waals surface area contributed by atoms with E-state index in [1.165, 1.54) is 20.3 Å². The Morgan fingerprint density at radius 1 is 1.25 bits per heavy atom. The second-order valence-electron chi connectivity index (χ2n) is 6.52. The molecule has 1 saturated heterocycles. The third-order valence-electron chi connectivity index (χ3n) is 4.54. The molecule has 0 aromatic heterocycles. The van der Waals surface area contributed by atoms with Gasteiger partial charge in [-0.2, -0.15) is 0 Å². The van der Waals surface area contributed by atoms with E-state index in [0.29, 0.717) is 43.5 Å². The summed E-state index contributed by atoms with van der Waals surface area (Å²) in [6.07, 6.45) is 1.07. The zero-order valence-electron chi connectivity index (χ0n) is 16.8. The fourth-order valence-electron chi connectivity index (χ4n) is 3.08. The van der Waals surface area contributed by atoms with Gasteiger partial charge in [-0.1, -0.05) is 0 Å². The molecule has 1 aliphatic rings. The number of rotatable bonds is 9. The summed E-state index contributed by atoms with van der Waals surface area (Å²) < 4.78 is 41.6. The monoisotopic (exact) mass is 415 g/mol. The van der Waals surface area contributed by atoms with Crippen LogP contribution in [0, 0.1) is 0 Å². The highest BCUT2D eigenvalue weighted by Gasteiger charge is 2.29. The lowest BCUT2D eigenvalue weighted by molar-refractivity contribution is -0.121. The number of nitrogens with one attached hydrogen (secondary N) is 1. The summed E-state index contributed by atoms with van der Waals surface area (Å²) in [6, 6.07) is 3.81. The highest BCUT2D eigenvalue weighted by Crippen LogP contribution is 2.33. The first kappa shape index (κ1) is 22.3. The fourth-order valence-corrected chi connectivity index (χ4v) is 4.25. The second kappa shape index (κ2) is 9.94. The van der Waals surface area contributed by atoms with Crippen molar-refractivity contribution in [2.75, 3.05) is 64.2 Å². The molecule has 1 fully saturated rings. The predicted molar refractivity (Wildman–Crippen MR) is 107 cm³/mol. The van der Waals surface area contributed by atoms with E-state index < -0.39 is 16.1 Å². The van der Waals surface area contributed by atoms with Crippen molar-refractivity contribution < 1.29 is 27.4 Å². The minimum atomic E-state index is -3.70. The summed E-state index contributed by atoms with van der Waals surface area (Å²) in [4.78, 5) is 14.8. The van der Waals surface area contributed by atoms with Gasteiger partial charge in [0.25, 0.3) is 0 Å². The molecule has 1 aromatic carbocycles. The minimum absolute atomic E-state index is 0.330. The van der Waals surface area contributed by atoms with Crippen molar-refractivity contribution in [1.82, 2.24) is 10.2 Å². The molecule has 1 heterocycles.